The molecule has 3 amide bonds. The van der Waals surface area contributed by atoms with Gasteiger partial charge < -0.3 is 25.0 Å². The second kappa shape index (κ2) is 8.30. The minimum absolute atomic E-state index is 0.103. The van der Waals surface area contributed by atoms with E-state index < -0.39 is 24.3 Å². The van der Waals surface area contributed by atoms with E-state index in [1.54, 1.807) is 0 Å². The average molecular weight is 304 g/mol. The van der Waals surface area contributed by atoms with Crippen LogP contribution in [-0.4, -0.2) is 75.7 Å². The van der Waals surface area contributed by atoms with Crippen molar-refractivity contribution in [1.29, 1.82) is 0 Å². The van der Waals surface area contributed by atoms with Gasteiger partial charge in [-0.1, -0.05) is 0 Å². The summed E-state index contributed by atoms with van der Waals surface area (Å²) in [7, 11) is 0. The zero-order chi connectivity index (χ0) is 15.8. The van der Waals surface area contributed by atoms with E-state index in [2.05, 4.69) is 0 Å². The lowest BCUT2D eigenvalue weighted by Crippen LogP contribution is -2.52. The molecular formula is C12H20N2O7. The second-order valence-electron chi connectivity index (χ2n) is 4.78. The summed E-state index contributed by atoms with van der Waals surface area (Å²) in [5, 5.41) is 26.1. The molecule has 0 aliphatic carbocycles. The van der Waals surface area contributed by atoms with Crippen LogP contribution in [-0.2, 0) is 4.74 Å². The number of piperidine rings is 1. The van der Waals surface area contributed by atoms with Gasteiger partial charge in [0.05, 0.1) is 6.04 Å². The van der Waals surface area contributed by atoms with Gasteiger partial charge in [-0.25, -0.2) is 19.3 Å². The third-order valence-corrected chi connectivity index (χ3v) is 3.27. The second-order valence-corrected chi connectivity index (χ2v) is 4.78. The Hall–Kier alpha value is -2.03. The lowest BCUT2D eigenvalue weighted by Gasteiger charge is -2.34. The maximum Gasteiger partial charge on any atom is 0.417 e. The molecule has 0 aromatic heterocycles. The molecule has 2 rings (SSSR count). The third kappa shape index (κ3) is 5.46. The van der Waals surface area contributed by atoms with Gasteiger partial charge in [-0.3, -0.25) is 0 Å². The van der Waals surface area contributed by atoms with Crippen LogP contribution in [0.3, 0.4) is 0 Å². The van der Waals surface area contributed by atoms with Crippen LogP contribution in [0.1, 0.15) is 25.7 Å². The van der Waals surface area contributed by atoms with Gasteiger partial charge in [0.15, 0.2) is 0 Å². The summed E-state index contributed by atoms with van der Waals surface area (Å²) in [5.74, 6) is 0. The fourth-order valence-corrected chi connectivity index (χ4v) is 2.24. The van der Waals surface area contributed by atoms with Crippen LogP contribution >= 0.6 is 0 Å². The summed E-state index contributed by atoms with van der Waals surface area (Å²) in [6, 6.07) is -0.820. The minimum Gasteiger partial charge on any atom is -0.465 e. The van der Waals surface area contributed by atoms with Gasteiger partial charge in [-0.15, -0.1) is 0 Å². The molecule has 120 valence electrons. The number of likely N-dealkylation sites (tertiary alicyclic amines) is 1. The van der Waals surface area contributed by atoms with Crippen LogP contribution in [0.15, 0.2) is 0 Å². The summed E-state index contributed by atoms with van der Waals surface area (Å²) < 4.78 is 4.94. The minimum atomic E-state index is -1.58. The maximum absolute atomic E-state index is 10.7. The Morgan fingerprint density at radius 3 is 1.95 bits per heavy atom. The molecule has 1 unspecified atom stereocenters. The Bertz CT molecular complexity index is 362. The van der Waals surface area contributed by atoms with Crippen LogP contribution in [0.2, 0.25) is 0 Å². The molecule has 9 nitrogen and oxygen atoms in total. The molecule has 3 N–H and O–H groups in total. The predicted octanol–water partition coefficient (Wildman–Crippen LogP) is 1.58. The van der Waals surface area contributed by atoms with Gasteiger partial charge >= 0.3 is 18.3 Å². The Balaban J connectivity index is 0.000000369. The number of ether oxygens (including phenoxy) is 1. The number of carbonyl (C=O) groups is 3. The smallest absolute Gasteiger partial charge is 0.417 e. The molecule has 2 aliphatic rings. The SMILES string of the molecule is C1CCOC1.O=C(O)N1CCCC(N(C(=O)O)C(=O)O)C1. The molecule has 0 radical (unpaired) electrons. The molecule has 1 atom stereocenters. The molecule has 0 aromatic carbocycles. The molecule has 2 saturated heterocycles. The summed E-state index contributed by atoms with van der Waals surface area (Å²) in [6.45, 7) is 2.20. The van der Waals surface area contributed by atoms with Crippen molar-refractivity contribution in [2.45, 2.75) is 31.7 Å². The highest BCUT2D eigenvalue weighted by Gasteiger charge is 2.34. The highest BCUT2D eigenvalue weighted by molar-refractivity contribution is 5.86. The van der Waals surface area contributed by atoms with Crippen molar-refractivity contribution < 1.29 is 34.4 Å². The molecule has 0 saturated carbocycles. The normalized spacial score (nSPS) is 21.1. The van der Waals surface area contributed by atoms with E-state index in [0.29, 0.717) is 19.4 Å². The fraction of sp³-hybridized carbons (Fsp3) is 0.750. The van der Waals surface area contributed by atoms with Crippen molar-refractivity contribution in [3.63, 3.8) is 0 Å². The van der Waals surface area contributed by atoms with Crippen molar-refractivity contribution in [2.75, 3.05) is 26.3 Å². The van der Waals surface area contributed by atoms with Crippen LogP contribution in [0.4, 0.5) is 14.4 Å². The number of nitrogens with zero attached hydrogens (tertiary/aromatic N) is 2. The maximum atomic E-state index is 10.7. The van der Waals surface area contributed by atoms with Crippen molar-refractivity contribution in [2.24, 2.45) is 0 Å². The number of hydrogen-bond acceptors (Lipinski definition) is 4. The molecule has 21 heavy (non-hydrogen) atoms. The average Bonchev–Trinajstić information content (AvgIpc) is 2.97. The number of rotatable bonds is 1. The van der Waals surface area contributed by atoms with Crippen LogP contribution in [0.5, 0.6) is 0 Å². The monoisotopic (exact) mass is 304 g/mol. The number of carboxylic acid groups (broad SMARTS) is 3. The molecule has 0 spiro atoms. The lowest BCUT2D eigenvalue weighted by atomic mass is 10.1. The summed E-state index contributed by atoms with van der Waals surface area (Å²) in [4.78, 5) is 33.3. The van der Waals surface area contributed by atoms with Gasteiger partial charge in [0, 0.05) is 26.3 Å². The van der Waals surface area contributed by atoms with E-state index in [-0.39, 0.29) is 11.4 Å². The molecule has 2 heterocycles. The standard InChI is InChI=1S/C8H12N2O6.C4H8O/c11-6(12)9-3-1-2-5(4-9)10(7(13)14)8(15)16;1-2-4-5-3-1/h5H,1-4H2,(H,11,12)(H,13,14)(H,15,16);1-4H2. The molecule has 2 aliphatic heterocycles. The Kier molecular flexibility index (Phi) is 6.73. The van der Waals surface area contributed by atoms with Crippen LogP contribution in [0, 0.1) is 0 Å². The number of imide groups is 1. The first-order chi connectivity index (χ1) is 9.93. The zero-order valence-electron chi connectivity index (χ0n) is 11.6. The summed E-state index contributed by atoms with van der Waals surface area (Å²) >= 11 is 0. The lowest BCUT2D eigenvalue weighted by molar-refractivity contribution is 0.0731. The number of amides is 3. The number of hydrogen-bond donors (Lipinski definition) is 3. The van der Waals surface area contributed by atoms with Gasteiger partial charge in [-0.05, 0) is 25.7 Å². The molecule has 2 fully saturated rings. The summed E-state index contributed by atoms with van der Waals surface area (Å²) in [6.07, 6.45) is -0.967. The Morgan fingerprint density at radius 1 is 1.00 bits per heavy atom. The van der Waals surface area contributed by atoms with E-state index in [4.69, 9.17) is 20.1 Å². The first kappa shape index (κ1) is 17.0. The van der Waals surface area contributed by atoms with Crippen molar-refractivity contribution in [3.05, 3.63) is 0 Å². The largest absolute Gasteiger partial charge is 0.465 e. The van der Waals surface area contributed by atoms with Gasteiger partial charge in [-0.2, -0.15) is 0 Å². The fourth-order valence-electron chi connectivity index (χ4n) is 2.24. The first-order valence-corrected chi connectivity index (χ1v) is 6.74. The van der Waals surface area contributed by atoms with Gasteiger partial charge in [0.1, 0.15) is 0 Å². The first-order valence-electron chi connectivity index (χ1n) is 6.74. The zero-order valence-corrected chi connectivity index (χ0v) is 11.6. The van der Waals surface area contributed by atoms with Crippen molar-refractivity contribution >= 4 is 18.3 Å². The quantitative estimate of drug-likeness (QED) is 0.671. The molecule has 0 bridgehead atoms. The van der Waals surface area contributed by atoms with E-state index in [1.807, 2.05) is 0 Å². The van der Waals surface area contributed by atoms with Gasteiger partial charge in [0.25, 0.3) is 0 Å². The molecular weight excluding hydrogens is 284 g/mol. The van der Waals surface area contributed by atoms with E-state index in [0.717, 1.165) is 18.1 Å². The van der Waals surface area contributed by atoms with Crippen molar-refractivity contribution in [1.82, 2.24) is 9.80 Å². The van der Waals surface area contributed by atoms with E-state index in [9.17, 15) is 14.4 Å². The topological polar surface area (TPSA) is 128 Å². The predicted molar refractivity (Wildman–Crippen MR) is 70.6 cm³/mol. The van der Waals surface area contributed by atoms with E-state index in [1.165, 1.54) is 12.8 Å². The Morgan fingerprint density at radius 2 is 1.57 bits per heavy atom. The Labute approximate surface area is 121 Å². The molecule has 0 aromatic rings. The summed E-state index contributed by atoms with van der Waals surface area (Å²) in [5.41, 5.74) is 0. The highest BCUT2D eigenvalue weighted by atomic mass is 16.5. The van der Waals surface area contributed by atoms with Crippen LogP contribution in [0.25, 0.3) is 0 Å². The van der Waals surface area contributed by atoms with Crippen molar-refractivity contribution in [3.8, 4) is 0 Å². The molecule has 9 heteroatoms. The highest BCUT2D eigenvalue weighted by Crippen LogP contribution is 2.16. The van der Waals surface area contributed by atoms with Crippen LogP contribution < -0.4 is 0 Å². The third-order valence-electron chi connectivity index (χ3n) is 3.27. The van der Waals surface area contributed by atoms with Gasteiger partial charge in [0.2, 0.25) is 0 Å². The van der Waals surface area contributed by atoms with E-state index >= 15 is 0 Å².